The minimum Gasteiger partial charge on any atom is -0.326 e. The highest BCUT2D eigenvalue weighted by atomic mass is 35.5. The zero-order valence-electron chi connectivity index (χ0n) is 21.7. The molecule has 1 fully saturated rings. The number of nitrogens with one attached hydrogen (secondary N) is 2. The fourth-order valence-electron chi connectivity index (χ4n) is 5.09. The van der Waals surface area contributed by atoms with Crippen LogP contribution in [0.2, 0.25) is 5.02 Å². The highest BCUT2D eigenvalue weighted by Crippen LogP contribution is 2.30. The first-order chi connectivity index (χ1) is 19.9. The average Bonchev–Trinajstić information content (AvgIpc) is 3.62. The zero-order valence-corrected chi connectivity index (χ0v) is 22.4. The number of amides is 4. The second kappa shape index (κ2) is 10.9. The van der Waals surface area contributed by atoms with Crippen LogP contribution in [-0.2, 0) is 32.0 Å². The van der Waals surface area contributed by atoms with E-state index in [0.717, 1.165) is 11.1 Å². The number of piperazine rings is 1. The van der Waals surface area contributed by atoms with E-state index < -0.39 is 17.9 Å². The number of carbonyl (C=O) groups excluding carboxylic acids is 4. The highest BCUT2D eigenvalue weighted by Gasteiger charge is 2.39. The predicted molar refractivity (Wildman–Crippen MR) is 152 cm³/mol. The molecular formula is C29H24ClN7O4. The maximum absolute atomic E-state index is 13.7. The summed E-state index contributed by atoms with van der Waals surface area (Å²) in [4.78, 5) is 55.3. The van der Waals surface area contributed by atoms with Crippen LogP contribution in [0.3, 0.4) is 0 Å². The van der Waals surface area contributed by atoms with Crippen molar-refractivity contribution in [2.45, 2.75) is 18.9 Å². The van der Waals surface area contributed by atoms with Gasteiger partial charge >= 0.3 is 0 Å². The van der Waals surface area contributed by atoms with E-state index >= 15 is 0 Å². The number of benzene rings is 3. The summed E-state index contributed by atoms with van der Waals surface area (Å²) in [7, 11) is 0. The molecule has 0 aliphatic carbocycles. The number of nitrogens with zero attached hydrogens (tertiary/aromatic N) is 5. The van der Waals surface area contributed by atoms with Crippen molar-refractivity contribution in [2.75, 3.05) is 28.6 Å². The van der Waals surface area contributed by atoms with Gasteiger partial charge in [-0.3, -0.25) is 24.1 Å². The zero-order chi connectivity index (χ0) is 28.5. The molecule has 0 saturated carbocycles. The summed E-state index contributed by atoms with van der Waals surface area (Å²) in [5.74, 6) is -1.32. The van der Waals surface area contributed by atoms with Crippen molar-refractivity contribution in [3.8, 4) is 5.69 Å². The van der Waals surface area contributed by atoms with Crippen LogP contribution in [-0.4, -0.2) is 62.7 Å². The molecule has 12 heteroatoms. The number of aromatic nitrogens is 3. The summed E-state index contributed by atoms with van der Waals surface area (Å²) < 4.78 is 1.49. The van der Waals surface area contributed by atoms with Gasteiger partial charge in [0, 0.05) is 22.8 Å². The topological polar surface area (TPSA) is 130 Å². The Morgan fingerprint density at radius 3 is 2.59 bits per heavy atom. The molecule has 1 aromatic heterocycles. The Kier molecular flexibility index (Phi) is 6.94. The molecule has 1 unspecified atom stereocenters. The molecule has 0 bridgehead atoms. The molecule has 6 rings (SSSR count). The van der Waals surface area contributed by atoms with Crippen LogP contribution >= 0.6 is 11.6 Å². The Morgan fingerprint density at radius 1 is 0.976 bits per heavy atom. The van der Waals surface area contributed by atoms with Gasteiger partial charge in [-0.05, 0) is 47.5 Å². The van der Waals surface area contributed by atoms with E-state index in [1.807, 2.05) is 30.3 Å². The number of hydrogen-bond acceptors (Lipinski definition) is 6. The largest absolute Gasteiger partial charge is 0.326 e. The van der Waals surface area contributed by atoms with Crippen molar-refractivity contribution < 1.29 is 19.2 Å². The molecule has 41 heavy (non-hydrogen) atoms. The molecule has 3 aromatic carbocycles. The predicted octanol–water partition coefficient (Wildman–Crippen LogP) is 2.84. The number of hydrogen-bond donors (Lipinski definition) is 2. The van der Waals surface area contributed by atoms with Crippen molar-refractivity contribution in [1.29, 1.82) is 0 Å². The number of fused-ring (bicyclic) bond motifs is 1. The van der Waals surface area contributed by atoms with E-state index in [2.05, 4.69) is 20.9 Å². The number of rotatable bonds is 7. The normalized spacial score (nSPS) is 15.5. The fraction of sp³-hybridized carbons (Fsp3) is 0.172. The average molecular weight is 570 g/mol. The molecule has 4 amide bonds. The molecule has 1 atom stereocenters. The third-order valence-corrected chi connectivity index (χ3v) is 7.30. The maximum atomic E-state index is 13.7. The summed E-state index contributed by atoms with van der Waals surface area (Å²) in [6, 6.07) is 18.5. The Balaban J connectivity index is 1.27. The lowest BCUT2D eigenvalue weighted by molar-refractivity contribution is -0.143. The molecular weight excluding hydrogens is 546 g/mol. The minimum absolute atomic E-state index is 0.112. The van der Waals surface area contributed by atoms with E-state index in [9.17, 15) is 19.2 Å². The fourth-order valence-corrected chi connectivity index (χ4v) is 5.26. The second-order valence-corrected chi connectivity index (χ2v) is 10.2. The van der Waals surface area contributed by atoms with E-state index in [1.54, 1.807) is 42.6 Å². The van der Waals surface area contributed by atoms with Gasteiger partial charge in [0.05, 0.1) is 30.2 Å². The second-order valence-electron chi connectivity index (χ2n) is 9.77. The van der Waals surface area contributed by atoms with E-state index in [-0.39, 0.29) is 37.7 Å². The Hall–Kier alpha value is -5.03. The van der Waals surface area contributed by atoms with Crippen LogP contribution in [0.15, 0.2) is 79.1 Å². The lowest BCUT2D eigenvalue weighted by Gasteiger charge is -2.38. The smallest absolute Gasteiger partial charge is 0.247 e. The molecule has 2 N–H and O–H groups in total. The quantitative estimate of drug-likeness (QED) is 0.352. The van der Waals surface area contributed by atoms with Gasteiger partial charge in [0.25, 0.3) is 0 Å². The lowest BCUT2D eigenvalue weighted by Crippen LogP contribution is -2.60. The first-order valence-electron chi connectivity index (χ1n) is 12.9. The van der Waals surface area contributed by atoms with Crippen molar-refractivity contribution in [3.05, 3.63) is 95.3 Å². The molecule has 2 aliphatic heterocycles. The Bertz CT molecular complexity index is 1660. The standard InChI is InChI=1S/C29H24ClN7O4/c30-20-6-9-23(37-11-10-31-34-37)24(15-20)35-16-28(40)36(17-27(35)39)25(12-18-4-2-1-3-5-18)29(41)32-21-7-8-22-19(13-21)14-26(38)33-22/h1-11,13,15,25H,12,14,16-17H2,(H,32,41)(H,33,38). The number of halogens is 1. The molecule has 11 nitrogen and oxygen atoms in total. The minimum atomic E-state index is -0.960. The molecule has 0 radical (unpaired) electrons. The SMILES string of the molecule is O=C1Cc2cc(NC(=O)C(Cc3ccccc3)N3CC(=O)N(c4cc(Cl)ccc4-n4ccnn4)CC3=O)ccc2N1. The molecule has 3 heterocycles. The van der Waals surface area contributed by atoms with E-state index in [1.165, 1.54) is 20.7 Å². The first kappa shape index (κ1) is 26.2. The van der Waals surface area contributed by atoms with Crippen LogP contribution in [0, 0.1) is 0 Å². The van der Waals surface area contributed by atoms with Gasteiger partial charge in [0.1, 0.15) is 19.1 Å². The highest BCUT2D eigenvalue weighted by molar-refractivity contribution is 6.31. The summed E-state index contributed by atoms with van der Waals surface area (Å²) >= 11 is 6.26. The molecule has 206 valence electrons. The van der Waals surface area contributed by atoms with Gasteiger partial charge in [-0.2, -0.15) is 0 Å². The van der Waals surface area contributed by atoms with Crippen LogP contribution in [0.5, 0.6) is 0 Å². The van der Waals surface area contributed by atoms with Crippen LogP contribution in [0.4, 0.5) is 17.1 Å². The maximum Gasteiger partial charge on any atom is 0.247 e. The van der Waals surface area contributed by atoms with Crippen LogP contribution in [0.1, 0.15) is 11.1 Å². The van der Waals surface area contributed by atoms with Crippen molar-refractivity contribution in [2.24, 2.45) is 0 Å². The third kappa shape index (κ3) is 5.39. The Morgan fingerprint density at radius 2 is 1.80 bits per heavy atom. The van der Waals surface area contributed by atoms with E-state index in [4.69, 9.17) is 11.6 Å². The summed E-state index contributed by atoms with van der Waals surface area (Å²) in [5.41, 5.74) is 3.75. The van der Waals surface area contributed by atoms with Crippen LogP contribution < -0.4 is 15.5 Å². The monoisotopic (exact) mass is 569 g/mol. The molecule has 4 aromatic rings. The van der Waals surface area contributed by atoms with Gasteiger partial charge in [0.2, 0.25) is 23.6 Å². The van der Waals surface area contributed by atoms with Crippen LogP contribution in [0.25, 0.3) is 5.69 Å². The van der Waals surface area contributed by atoms with Crippen molar-refractivity contribution >= 4 is 52.3 Å². The third-order valence-electron chi connectivity index (χ3n) is 7.07. The lowest BCUT2D eigenvalue weighted by atomic mass is 10.0. The van der Waals surface area contributed by atoms with Gasteiger partial charge in [0.15, 0.2) is 0 Å². The van der Waals surface area contributed by atoms with Gasteiger partial charge in [-0.25, -0.2) is 4.68 Å². The summed E-state index contributed by atoms with van der Waals surface area (Å²) in [6.07, 6.45) is 3.56. The molecule has 1 saturated heterocycles. The molecule has 0 spiro atoms. The van der Waals surface area contributed by atoms with Crippen molar-refractivity contribution in [1.82, 2.24) is 19.9 Å². The molecule has 2 aliphatic rings. The first-order valence-corrected chi connectivity index (χ1v) is 13.3. The summed E-state index contributed by atoms with van der Waals surface area (Å²) in [5, 5.41) is 13.9. The Labute approximate surface area is 239 Å². The van der Waals surface area contributed by atoms with Crippen molar-refractivity contribution in [3.63, 3.8) is 0 Å². The van der Waals surface area contributed by atoms with Gasteiger partial charge in [-0.1, -0.05) is 47.1 Å². The van der Waals surface area contributed by atoms with Gasteiger partial charge in [-0.15, -0.1) is 5.10 Å². The number of carbonyl (C=O) groups is 4. The van der Waals surface area contributed by atoms with E-state index in [0.29, 0.717) is 27.8 Å². The summed E-state index contributed by atoms with van der Waals surface area (Å²) in [6.45, 7) is -0.595. The number of anilines is 3. The van der Waals surface area contributed by atoms with Gasteiger partial charge < -0.3 is 15.5 Å².